The number of alkyl halides is 3. The first-order valence-corrected chi connectivity index (χ1v) is 10.6. The zero-order valence-electron chi connectivity index (χ0n) is 17.3. The highest BCUT2D eigenvalue weighted by atomic mass is 19.4. The highest BCUT2D eigenvalue weighted by molar-refractivity contribution is 5.94. The number of piperidine rings is 1. The molecule has 2 aromatic heterocycles. The maximum atomic E-state index is 13.9. The van der Waals surface area contributed by atoms with Crippen molar-refractivity contribution in [1.29, 1.82) is 0 Å². The molecule has 1 fully saturated rings. The van der Waals surface area contributed by atoms with Crippen molar-refractivity contribution in [1.82, 2.24) is 19.7 Å². The molecular weight excluding hydrogens is 411 g/mol. The summed E-state index contributed by atoms with van der Waals surface area (Å²) in [4.78, 5) is 18.9. The van der Waals surface area contributed by atoms with Crippen molar-refractivity contribution in [3.05, 3.63) is 41.9 Å². The number of nitrogens with one attached hydrogen (secondary N) is 1. The van der Waals surface area contributed by atoms with Crippen molar-refractivity contribution >= 4 is 11.8 Å². The molecule has 0 aliphatic carbocycles. The Bertz CT molecular complexity index is 902. The van der Waals surface area contributed by atoms with Crippen molar-refractivity contribution in [3.63, 3.8) is 0 Å². The fraction of sp³-hybridized carbons (Fsp3) is 0.571. The molecule has 1 N–H and O–H groups in total. The molecule has 0 bridgehead atoms. The standard InChI is InChI=1S/C21H26F3N5O2/c1-2-31-20(30)16-11-26-29-18(21(22,23)24)10-17(27-19(16)29)14-6-5-9-28(12-14)13-15-7-3-4-8-25-15/h3-4,7-8,11,14,17-18,27H,2,5-6,9-10,12-13H2,1H3/t14?,17-,18+/m1/s1. The Labute approximate surface area is 178 Å². The molecule has 0 radical (unpaired) electrons. The van der Waals surface area contributed by atoms with Crippen LogP contribution in [0.2, 0.25) is 0 Å². The minimum atomic E-state index is -4.46. The van der Waals surface area contributed by atoms with E-state index in [1.165, 1.54) is 0 Å². The monoisotopic (exact) mass is 437 g/mol. The van der Waals surface area contributed by atoms with Crippen LogP contribution in [0, 0.1) is 5.92 Å². The van der Waals surface area contributed by atoms with E-state index in [4.69, 9.17) is 4.74 Å². The summed E-state index contributed by atoms with van der Waals surface area (Å²) in [7, 11) is 0. The fourth-order valence-electron chi connectivity index (χ4n) is 4.54. The van der Waals surface area contributed by atoms with Gasteiger partial charge in [0.05, 0.1) is 18.5 Å². The van der Waals surface area contributed by atoms with E-state index < -0.39 is 24.2 Å². The predicted octanol–water partition coefficient (Wildman–Crippen LogP) is 3.65. The molecular formula is C21H26F3N5O2. The van der Waals surface area contributed by atoms with Gasteiger partial charge in [-0.05, 0) is 50.8 Å². The number of aromatic nitrogens is 3. The lowest BCUT2D eigenvalue weighted by Crippen LogP contribution is -2.48. The van der Waals surface area contributed by atoms with Gasteiger partial charge in [-0.15, -0.1) is 0 Å². The number of fused-ring (bicyclic) bond motifs is 1. The smallest absolute Gasteiger partial charge is 0.410 e. The first-order chi connectivity index (χ1) is 14.9. The molecule has 2 aliphatic rings. The lowest BCUT2D eigenvalue weighted by molar-refractivity contribution is -0.174. The summed E-state index contributed by atoms with van der Waals surface area (Å²) < 4.78 is 47.5. The van der Waals surface area contributed by atoms with Crippen molar-refractivity contribution in [2.45, 2.75) is 51.0 Å². The quantitative estimate of drug-likeness (QED) is 0.720. The van der Waals surface area contributed by atoms with Gasteiger partial charge >= 0.3 is 12.1 Å². The van der Waals surface area contributed by atoms with E-state index in [1.807, 2.05) is 18.2 Å². The van der Waals surface area contributed by atoms with Crippen LogP contribution in [-0.2, 0) is 11.3 Å². The second-order valence-electron chi connectivity index (χ2n) is 8.07. The molecule has 0 spiro atoms. The molecule has 10 heteroatoms. The molecule has 0 saturated carbocycles. The van der Waals surface area contributed by atoms with E-state index in [0.717, 1.165) is 36.0 Å². The summed E-state index contributed by atoms with van der Waals surface area (Å²) in [5.74, 6) is -0.557. The Morgan fingerprint density at radius 2 is 2.19 bits per heavy atom. The van der Waals surface area contributed by atoms with E-state index in [2.05, 4.69) is 20.3 Å². The molecule has 4 rings (SSSR count). The third-order valence-corrected chi connectivity index (χ3v) is 5.99. The number of esters is 1. The lowest BCUT2D eigenvalue weighted by atomic mass is 9.85. The maximum Gasteiger partial charge on any atom is 0.410 e. The molecule has 168 valence electrons. The SMILES string of the molecule is CCOC(=O)c1cnn2c1N[C@@H](C1CCCN(Cc3ccccn3)C1)C[C@H]2C(F)(F)F. The van der Waals surface area contributed by atoms with Crippen LogP contribution in [0.5, 0.6) is 0 Å². The van der Waals surface area contributed by atoms with Gasteiger partial charge < -0.3 is 10.1 Å². The summed E-state index contributed by atoms with van der Waals surface area (Å²) in [5, 5.41) is 7.07. The lowest BCUT2D eigenvalue weighted by Gasteiger charge is -2.41. The summed E-state index contributed by atoms with van der Waals surface area (Å²) in [6.45, 7) is 4.01. The molecule has 2 aliphatic heterocycles. The number of hydrogen-bond acceptors (Lipinski definition) is 6. The zero-order chi connectivity index (χ0) is 22.0. The summed E-state index contributed by atoms with van der Waals surface area (Å²) in [6, 6.07) is 3.54. The number of carbonyl (C=O) groups excluding carboxylic acids is 1. The number of anilines is 1. The van der Waals surface area contributed by atoms with Crippen molar-refractivity contribution in [3.8, 4) is 0 Å². The van der Waals surface area contributed by atoms with Gasteiger partial charge in [0.1, 0.15) is 11.4 Å². The molecule has 3 atom stereocenters. The van der Waals surface area contributed by atoms with Crippen LogP contribution >= 0.6 is 0 Å². The van der Waals surface area contributed by atoms with Gasteiger partial charge in [0.25, 0.3) is 0 Å². The van der Waals surface area contributed by atoms with Gasteiger partial charge in [0.2, 0.25) is 0 Å². The Hall–Kier alpha value is -2.62. The van der Waals surface area contributed by atoms with E-state index >= 15 is 0 Å². The fourth-order valence-corrected chi connectivity index (χ4v) is 4.54. The van der Waals surface area contributed by atoms with Gasteiger partial charge in [-0.1, -0.05) is 6.07 Å². The molecule has 1 unspecified atom stereocenters. The summed E-state index contributed by atoms with van der Waals surface area (Å²) in [5.41, 5.74) is 0.984. The van der Waals surface area contributed by atoms with Gasteiger partial charge in [-0.25, -0.2) is 9.48 Å². The summed E-state index contributed by atoms with van der Waals surface area (Å²) >= 11 is 0. The average molecular weight is 437 g/mol. The van der Waals surface area contributed by atoms with Crippen molar-refractivity contribution in [2.24, 2.45) is 5.92 Å². The number of ether oxygens (including phenoxy) is 1. The van der Waals surface area contributed by atoms with Crippen LogP contribution in [-0.4, -0.2) is 57.5 Å². The van der Waals surface area contributed by atoms with E-state index in [0.29, 0.717) is 13.1 Å². The highest BCUT2D eigenvalue weighted by Gasteiger charge is 2.48. The Morgan fingerprint density at radius 1 is 1.35 bits per heavy atom. The van der Waals surface area contributed by atoms with Crippen molar-refractivity contribution in [2.75, 3.05) is 25.0 Å². The first-order valence-electron chi connectivity index (χ1n) is 10.6. The van der Waals surface area contributed by atoms with Gasteiger partial charge in [-0.3, -0.25) is 9.88 Å². The Balaban J connectivity index is 1.55. The molecule has 4 heterocycles. The molecule has 0 amide bonds. The van der Waals surface area contributed by atoms with Gasteiger partial charge in [0.15, 0.2) is 6.04 Å². The van der Waals surface area contributed by atoms with E-state index in [9.17, 15) is 18.0 Å². The number of hydrogen-bond donors (Lipinski definition) is 1. The molecule has 0 aromatic carbocycles. The minimum Gasteiger partial charge on any atom is -0.462 e. The second kappa shape index (κ2) is 8.86. The normalized spacial score (nSPS) is 24.3. The number of nitrogens with zero attached hydrogens (tertiary/aromatic N) is 4. The third-order valence-electron chi connectivity index (χ3n) is 5.99. The number of pyridine rings is 1. The first kappa shape index (κ1) is 21.6. The largest absolute Gasteiger partial charge is 0.462 e. The number of rotatable bonds is 5. The van der Waals surface area contributed by atoms with Gasteiger partial charge in [0, 0.05) is 25.3 Å². The average Bonchev–Trinajstić information content (AvgIpc) is 3.17. The zero-order valence-corrected chi connectivity index (χ0v) is 17.3. The van der Waals surface area contributed by atoms with Crippen LogP contribution in [0.3, 0.4) is 0 Å². The Kier molecular flexibility index (Phi) is 6.17. The maximum absolute atomic E-state index is 13.9. The topological polar surface area (TPSA) is 72.3 Å². The number of carbonyl (C=O) groups is 1. The third kappa shape index (κ3) is 4.68. The predicted molar refractivity (Wildman–Crippen MR) is 108 cm³/mol. The molecule has 7 nitrogen and oxygen atoms in total. The van der Waals surface area contributed by atoms with Crippen LogP contribution in [0.4, 0.5) is 19.0 Å². The second-order valence-corrected chi connectivity index (χ2v) is 8.07. The minimum absolute atomic E-state index is 0.0148. The van der Waals surface area contributed by atoms with Crippen LogP contribution < -0.4 is 5.32 Å². The highest BCUT2D eigenvalue weighted by Crippen LogP contribution is 2.42. The number of halogens is 3. The summed E-state index contributed by atoms with van der Waals surface area (Å²) in [6.07, 6.45) is 0.0409. The van der Waals surface area contributed by atoms with Crippen LogP contribution in [0.25, 0.3) is 0 Å². The Morgan fingerprint density at radius 3 is 2.90 bits per heavy atom. The number of likely N-dealkylation sites (tertiary alicyclic amines) is 1. The van der Waals surface area contributed by atoms with E-state index in [1.54, 1.807) is 13.1 Å². The van der Waals surface area contributed by atoms with Crippen LogP contribution in [0.1, 0.15) is 48.3 Å². The molecule has 1 saturated heterocycles. The molecule has 2 aromatic rings. The van der Waals surface area contributed by atoms with Gasteiger partial charge in [-0.2, -0.15) is 18.3 Å². The van der Waals surface area contributed by atoms with Crippen LogP contribution in [0.15, 0.2) is 30.6 Å². The molecule has 31 heavy (non-hydrogen) atoms. The van der Waals surface area contributed by atoms with Crippen molar-refractivity contribution < 1.29 is 22.7 Å². The van der Waals surface area contributed by atoms with E-state index in [-0.39, 0.29) is 30.3 Å².